The fourth-order valence-electron chi connectivity index (χ4n) is 1.10. The van der Waals surface area contributed by atoms with Crippen LogP contribution in [0.2, 0.25) is 0 Å². The van der Waals surface area contributed by atoms with E-state index < -0.39 is 0 Å². The molecule has 0 fully saturated rings. The molecule has 0 saturated heterocycles. The highest BCUT2D eigenvalue weighted by molar-refractivity contribution is 7.99. The first-order valence-electron chi connectivity index (χ1n) is 5.14. The minimum atomic E-state index is 0.769. The van der Waals surface area contributed by atoms with Crippen molar-refractivity contribution in [1.82, 2.24) is 10.3 Å². The number of aromatic nitrogens is 1. The summed E-state index contributed by atoms with van der Waals surface area (Å²) in [5, 5.41) is 4.33. The third kappa shape index (κ3) is 5.16. The summed E-state index contributed by atoms with van der Waals surface area (Å²) in [4.78, 5) is 4.37. The molecule has 4 heteroatoms. The van der Waals surface area contributed by atoms with Crippen molar-refractivity contribution < 1.29 is 4.74 Å². The molecule has 0 radical (unpaired) electrons. The Hall–Kier alpha value is -0.580. The highest BCUT2D eigenvalue weighted by Crippen LogP contribution is 2.14. The largest absolute Gasteiger partial charge is 0.384 e. The molecule has 1 heterocycles. The van der Waals surface area contributed by atoms with Crippen LogP contribution in [-0.2, 0) is 11.3 Å². The van der Waals surface area contributed by atoms with Crippen molar-refractivity contribution in [3.05, 3.63) is 23.9 Å². The molecule has 0 saturated carbocycles. The molecule has 84 valence electrons. The number of ether oxygens (including phenoxy) is 1. The molecule has 0 unspecified atom stereocenters. The van der Waals surface area contributed by atoms with E-state index >= 15 is 0 Å². The van der Waals surface area contributed by atoms with Crippen LogP contribution in [0.5, 0.6) is 0 Å². The van der Waals surface area contributed by atoms with Crippen LogP contribution in [-0.4, -0.2) is 31.0 Å². The van der Waals surface area contributed by atoms with Crippen LogP contribution in [0.4, 0.5) is 0 Å². The summed E-state index contributed by atoms with van der Waals surface area (Å²) in [6.45, 7) is 4.75. The van der Waals surface area contributed by atoms with Gasteiger partial charge >= 0.3 is 0 Å². The standard InChI is InChI=1S/C11H18N2OS/c1-3-12-8-10-4-5-11(13-9-10)15-7-6-14-2/h4-5,9,12H,3,6-8H2,1-2H3. The van der Waals surface area contributed by atoms with Gasteiger partial charge in [0.2, 0.25) is 0 Å². The number of thioether (sulfide) groups is 1. The Morgan fingerprint density at radius 1 is 1.47 bits per heavy atom. The van der Waals surface area contributed by atoms with Crippen molar-refractivity contribution in [2.24, 2.45) is 0 Å². The maximum Gasteiger partial charge on any atom is 0.0960 e. The van der Waals surface area contributed by atoms with Crippen LogP contribution >= 0.6 is 11.8 Å². The van der Waals surface area contributed by atoms with Gasteiger partial charge in [-0.25, -0.2) is 4.98 Å². The molecule has 0 aliphatic heterocycles. The minimum Gasteiger partial charge on any atom is -0.384 e. The number of methoxy groups -OCH3 is 1. The second kappa shape index (κ2) is 7.68. The van der Waals surface area contributed by atoms with Crippen LogP contribution in [0, 0.1) is 0 Å². The van der Waals surface area contributed by atoms with Gasteiger partial charge in [-0.2, -0.15) is 0 Å². The van der Waals surface area contributed by atoms with Gasteiger partial charge in [-0.15, -0.1) is 11.8 Å². The third-order valence-electron chi connectivity index (χ3n) is 1.91. The van der Waals surface area contributed by atoms with Crippen LogP contribution in [0.15, 0.2) is 23.4 Å². The Labute approximate surface area is 95.6 Å². The highest BCUT2D eigenvalue weighted by atomic mass is 32.2. The zero-order valence-electron chi connectivity index (χ0n) is 9.32. The fourth-order valence-corrected chi connectivity index (χ4v) is 1.85. The van der Waals surface area contributed by atoms with E-state index in [1.807, 2.05) is 6.20 Å². The number of rotatable bonds is 7. The molecule has 0 bridgehead atoms. The predicted molar refractivity (Wildman–Crippen MR) is 64.2 cm³/mol. The van der Waals surface area contributed by atoms with Gasteiger partial charge < -0.3 is 10.1 Å². The zero-order chi connectivity index (χ0) is 10.9. The average Bonchev–Trinajstić information content (AvgIpc) is 2.28. The molecule has 0 amide bonds. The predicted octanol–water partition coefficient (Wildman–Crippen LogP) is 1.93. The molecule has 1 rings (SSSR count). The molecule has 0 atom stereocenters. The Balaban J connectivity index is 2.35. The van der Waals surface area contributed by atoms with Crippen molar-refractivity contribution in [2.45, 2.75) is 18.5 Å². The van der Waals surface area contributed by atoms with Crippen molar-refractivity contribution in [3.63, 3.8) is 0 Å². The lowest BCUT2D eigenvalue weighted by Crippen LogP contribution is -2.11. The van der Waals surface area contributed by atoms with Gasteiger partial charge in [0.05, 0.1) is 11.6 Å². The maximum atomic E-state index is 4.98. The number of hydrogen-bond acceptors (Lipinski definition) is 4. The average molecular weight is 226 g/mol. The summed E-state index contributed by atoms with van der Waals surface area (Å²) < 4.78 is 4.98. The van der Waals surface area contributed by atoms with Gasteiger partial charge in [0.1, 0.15) is 0 Å². The van der Waals surface area contributed by atoms with Crippen molar-refractivity contribution in [1.29, 1.82) is 0 Å². The number of hydrogen-bond donors (Lipinski definition) is 1. The topological polar surface area (TPSA) is 34.1 Å². The molecule has 0 aliphatic rings. The normalized spacial score (nSPS) is 10.5. The summed E-state index contributed by atoms with van der Waals surface area (Å²) in [5.74, 6) is 0.954. The molecular formula is C11H18N2OS. The van der Waals surface area contributed by atoms with Gasteiger partial charge in [0.25, 0.3) is 0 Å². The summed E-state index contributed by atoms with van der Waals surface area (Å²) in [6.07, 6.45) is 1.93. The number of nitrogens with one attached hydrogen (secondary N) is 1. The van der Waals surface area contributed by atoms with E-state index in [0.717, 1.165) is 30.5 Å². The first kappa shape index (κ1) is 12.5. The van der Waals surface area contributed by atoms with E-state index in [2.05, 4.69) is 29.4 Å². The number of pyridine rings is 1. The molecule has 15 heavy (non-hydrogen) atoms. The Morgan fingerprint density at radius 2 is 2.33 bits per heavy atom. The Bertz CT molecular complexity index is 264. The molecule has 1 aromatic rings. The smallest absolute Gasteiger partial charge is 0.0960 e. The van der Waals surface area contributed by atoms with Crippen molar-refractivity contribution >= 4 is 11.8 Å². The van der Waals surface area contributed by atoms with E-state index in [0.29, 0.717) is 0 Å². The lowest BCUT2D eigenvalue weighted by molar-refractivity contribution is 0.218. The fraction of sp³-hybridized carbons (Fsp3) is 0.545. The van der Waals surface area contributed by atoms with Crippen LogP contribution < -0.4 is 5.32 Å². The summed E-state index contributed by atoms with van der Waals surface area (Å²) in [7, 11) is 1.72. The van der Waals surface area contributed by atoms with Gasteiger partial charge in [-0.05, 0) is 18.2 Å². The lowest BCUT2D eigenvalue weighted by atomic mass is 10.3. The zero-order valence-corrected chi connectivity index (χ0v) is 10.1. The van der Waals surface area contributed by atoms with Crippen molar-refractivity contribution in [2.75, 3.05) is 26.0 Å². The molecule has 0 spiro atoms. The third-order valence-corrected chi connectivity index (χ3v) is 2.82. The molecule has 1 N–H and O–H groups in total. The van der Waals surface area contributed by atoms with E-state index in [1.165, 1.54) is 5.56 Å². The molecule has 1 aromatic heterocycles. The highest BCUT2D eigenvalue weighted by Gasteiger charge is 1.96. The monoisotopic (exact) mass is 226 g/mol. The lowest BCUT2D eigenvalue weighted by Gasteiger charge is -2.03. The molecule has 0 aromatic carbocycles. The molecule has 0 aliphatic carbocycles. The van der Waals surface area contributed by atoms with E-state index in [-0.39, 0.29) is 0 Å². The van der Waals surface area contributed by atoms with E-state index in [1.54, 1.807) is 18.9 Å². The van der Waals surface area contributed by atoms with Gasteiger partial charge in [-0.1, -0.05) is 13.0 Å². The molecular weight excluding hydrogens is 208 g/mol. The number of nitrogens with zero attached hydrogens (tertiary/aromatic N) is 1. The Kier molecular flexibility index (Phi) is 6.39. The first-order chi connectivity index (χ1) is 7.36. The van der Waals surface area contributed by atoms with Crippen LogP contribution in [0.3, 0.4) is 0 Å². The summed E-state index contributed by atoms with van der Waals surface area (Å²) >= 11 is 1.72. The van der Waals surface area contributed by atoms with Crippen LogP contribution in [0.1, 0.15) is 12.5 Å². The summed E-state index contributed by atoms with van der Waals surface area (Å²) in [5.41, 5.74) is 1.23. The second-order valence-corrected chi connectivity index (χ2v) is 4.24. The van der Waals surface area contributed by atoms with Gasteiger partial charge in [0, 0.05) is 25.6 Å². The van der Waals surface area contributed by atoms with Crippen molar-refractivity contribution in [3.8, 4) is 0 Å². The molecule has 3 nitrogen and oxygen atoms in total. The quantitative estimate of drug-likeness (QED) is 0.569. The maximum absolute atomic E-state index is 4.98. The van der Waals surface area contributed by atoms with Crippen LogP contribution in [0.25, 0.3) is 0 Å². The van der Waals surface area contributed by atoms with Gasteiger partial charge in [-0.3, -0.25) is 0 Å². The van der Waals surface area contributed by atoms with Gasteiger partial charge in [0.15, 0.2) is 0 Å². The second-order valence-electron chi connectivity index (χ2n) is 3.13. The SMILES string of the molecule is CCNCc1ccc(SCCOC)nc1. The van der Waals surface area contributed by atoms with E-state index in [4.69, 9.17) is 4.74 Å². The summed E-state index contributed by atoms with van der Waals surface area (Å²) in [6, 6.07) is 4.18. The van der Waals surface area contributed by atoms with E-state index in [9.17, 15) is 0 Å². The Morgan fingerprint density at radius 3 is 2.93 bits per heavy atom. The first-order valence-corrected chi connectivity index (χ1v) is 6.12. The minimum absolute atomic E-state index is 0.769.